The van der Waals surface area contributed by atoms with Crippen LogP contribution in [0, 0.1) is 11.6 Å². The number of fused-ring (bicyclic) bond motifs is 1. The number of carbonyl (C=O) groups is 1. The lowest BCUT2D eigenvalue weighted by molar-refractivity contribution is 0.101. The maximum absolute atomic E-state index is 15.3. The van der Waals surface area contributed by atoms with Crippen molar-refractivity contribution in [2.24, 2.45) is 0 Å². The number of nitrogens with zero attached hydrogens (tertiary/aromatic N) is 3. The van der Waals surface area contributed by atoms with Crippen molar-refractivity contribution in [3.8, 4) is 17.0 Å². The van der Waals surface area contributed by atoms with E-state index in [0.717, 1.165) is 18.2 Å². The van der Waals surface area contributed by atoms with E-state index in [1.54, 1.807) is 0 Å². The first-order valence-corrected chi connectivity index (χ1v) is 11.2. The van der Waals surface area contributed by atoms with Crippen molar-refractivity contribution in [2.45, 2.75) is 11.8 Å². The number of nitrogens with one attached hydrogen (secondary N) is 1. The second kappa shape index (κ2) is 8.41. The number of pyridine rings is 2. The number of benzene rings is 1. The molecule has 170 valence electrons. The fraction of sp³-hybridized carbons (Fsp3) is 0.0952. The SMILES string of the molecule is COc1ncc(Cl)cc1S(=O)(=O)Nc1ccc(F)c(-c2ccc3c(C(C)=O)ncn3c2)c1F. The van der Waals surface area contributed by atoms with Gasteiger partial charge in [0.15, 0.2) is 16.5 Å². The summed E-state index contributed by atoms with van der Waals surface area (Å²) >= 11 is 5.85. The Morgan fingerprint density at radius 3 is 2.64 bits per heavy atom. The molecule has 0 amide bonds. The van der Waals surface area contributed by atoms with E-state index in [1.165, 1.54) is 49.3 Å². The average Bonchev–Trinajstić information content (AvgIpc) is 3.19. The number of carbonyl (C=O) groups excluding carboxylic acids is 1. The maximum atomic E-state index is 15.3. The molecule has 4 rings (SSSR count). The molecule has 0 saturated heterocycles. The van der Waals surface area contributed by atoms with Crippen LogP contribution in [0.1, 0.15) is 17.4 Å². The molecule has 1 N–H and O–H groups in total. The zero-order chi connectivity index (χ0) is 23.9. The molecule has 12 heteroatoms. The Kier molecular flexibility index (Phi) is 5.76. The molecular weight excluding hydrogens is 478 g/mol. The summed E-state index contributed by atoms with van der Waals surface area (Å²) in [5, 5.41) is 0.0232. The summed E-state index contributed by atoms with van der Waals surface area (Å²) in [4.78, 5) is 19.0. The number of imidazole rings is 1. The van der Waals surface area contributed by atoms with Gasteiger partial charge in [0.25, 0.3) is 10.0 Å². The van der Waals surface area contributed by atoms with Gasteiger partial charge in [0.1, 0.15) is 17.8 Å². The Balaban J connectivity index is 1.79. The lowest BCUT2D eigenvalue weighted by Gasteiger charge is -2.14. The molecule has 0 radical (unpaired) electrons. The van der Waals surface area contributed by atoms with Gasteiger partial charge < -0.3 is 9.14 Å². The number of anilines is 1. The van der Waals surface area contributed by atoms with Crippen molar-refractivity contribution in [1.82, 2.24) is 14.4 Å². The molecule has 33 heavy (non-hydrogen) atoms. The van der Waals surface area contributed by atoms with E-state index in [9.17, 15) is 17.6 Å². The minimum atomic E-state index is -4.39. The summed E-state index contributed by atoms with van der Waals surface area (Å²) in [6, 6.07) is 5.89. The quantitative estimate of drug-likeness (QED) is 0.402. The van der Waals surface area contributed by atoms with Crippen LogP contribution >= 0.6 is 11.6 Å². The predicted octanol–water partition coefficient (Wildman–Crippen LogP) is 4.34. The van der Waals surface area contributed by atoms with E-state index >= 15 is 4.39 Å². The second-order valence-corrected chi connectivity index (χ2v) is 9.00. The molecule has 3 heterocycles. The molecule has 4 aromatic rings. The molecule has 0 aliphatic heterocycles. The van der Waals surface area contributed by atoms with Crippen molar-refractivity contribution in [2.75, 3.05) is 11.8 Å². The van der Waals surface area contributed by atoms with E-state index < -0.39 is 37.8 Å². The summed E-state index contributed by atoms with van der Waals surface area (Å²) in [6.45, 7) is 1.36. The number of hydrogen-bond acceptors (Lipinski definition) is 6. The topological polar surface area (TPSA) is 103 Å². The highest BCUT2D eigenvalue weighted by Crippen LogP contribution is 2.33. The van der Waals surface area contributed by atoms with Gasteiger partial charge in [-0.05, 0) is 24.3 Å². The molecule has 0 aliphatic carbocycles. The molecule has 0 aliphatic rings. The zero-order valence-electron chi connectivity index (χ0n) is 17.1. The van der Waals surface area contributed by atoms with Crippen LogP contribution in [0.2, 0.25) is 5.02 Å². The first-order valence-electron chi connectivity index (χ1n) is 9.30. The molecule has 1 aromatic carbocycles. The summed E-state index contributed by atoms with van der Waals surface area (Å²) in [5.41, 5.74) is -0.180. The highest BCUT2D eigenvalue weighted by atomic mass is 35.5. The number of methoxy groups -OCH3 is 1. The van der Waals surface area contributed by atoms with Crippen LogP contribution in [0.5, 0.6) is 5.88 Å². The zero-order valence-corrected chi connectivity index (χ0v) is 18.7. The maximum Gasteiger partial charge on any atom is 0.267 e. The van der Waals surface area contributed by atoms with E-state index in [0.29, 0.717) is 5.52 Å². The summed E-state index contributed by atoms with van der Waals surface area (Å²) < 4.78 is 64.2. The largest absolute Gasteiger partial charge is 0.480 e. The summed E-state index contributed by atoms with van der Waals surface area (Å²) in [5.74, 6) is -2.56. The van der Waals surface area contributed by atoms with Gasteiger partial charge in [0.2, 0.25) is 5.88 Å². The number of Topliss-reactive ketones (excluding diaryl/α,β-unsaturated/α-hetero) is 1. The minimum absolute atomic E-state index is 0.0232. The predicted molar refractivity (Wildman–Crippen MR) is 117 cm³/mol. The molecule has 0 saturated carbocycles. The fourth-order valence-corrected chi connectivity index (χ4v) is 4.70. The monoisotopic (exact) mass is 492 g/mol. The smallest absolute Gasteiger partial charge is 0.267 e. The van der Waals surface area contributed by atoms with Gasteiger partial charge in [-0.3, -0.25) is 9.52 Å². The Bertz CT molecular complexity index is 1520. The molecule has 0 unspecified atom stereocenters. The molecule has 3 aromatic heterocycles. The number of ketones is 1. The van der Waals surface area contributed by atoms with Crippen LogP contribution in [0.15, 0.2) is 53.9 Å². The molecule has 0 spiro atoms. The van der Waals surface area contributed by atoms with Gasteiger partial charge in [0.05, 0.1) is 28.9 Å². The first-order chi connectivity index (χ1) is 15.6. The van der Waals surface area contributed by atoms with Gasteiger partial charge in [-0.25, -0.2) is 27.2 Å². The Hall–Kier alpha value is -3.57. The van der Waals surface area contributed by atoms with Crippen LogP contribution in [0.3, 0.4) is 0 Å². The van der Waals surface area contributed by atoms with Crippen LogP contribution in [0.25, 0.3) is 16.6 Å². The number of rotatable bonds is 6. The summed E-state index contributed by atoms with van der Waals surface area (Å²) in [7, 11) is -3.17. The lowest BCUT2D eigenvalue weighted by Crippen LogP contribution is -2.16. The van der Waals surface area contributed by atoms with E-state index in [1.807, 2.05) is 0 Å². The Labute approximate surface area is 191 Å². The standard InChI is InChI=1S/C21H15ClF2N4O4S/c1-11(29)20-16-6-3-12(9-28(16)10-26-20)18-14(23)4-5-15(19(18)24)27-33(30,31)17-7-13(22)8-25-21(17)32-2/h3-10,27H,1-2H3. The van der Waals surface area contributed by atoms with Crippen LogP contribution in [-0.2, 0) is 10.0 Å². The number of sulfonamides is 1. The van der Waals surface area contributed by atoms with Crippen molar-refractivity contribution in [3.05, 3.63) is 71.4 Å². The molecule has 8 nitrogen and oxygen atoms in total. The highest BCUT2D eigenvalue weighted by molar-refractivity contribution is 7.92. The van der Waals surface area contributed by atoms with Crippen molar-refractivity contribution < 1.29 is 26.7 Å². The van der Waals surface area contributed by atoms with Crippen molar-refractivity contribution >= 4 is 38.6 Å². The average molecular weight is 493 g/mol. The van der Waals surface area contributed by atoms with Crippen molar-refractivity contribution in [1.29, 1.82) is 0 Å². The Morgan fingerprint density at radius 2 is 1.94 bits per heavy atom. The van der Waals surface area contributed by atoms with E-state index in [2.05, 4.69) is 14.7 Å². The molecule has 0 fully saturated rings. The van der Waals surface area contributed by atoms with Gasteiger partial charge in [-0.2, -0.15) is 0 Å². The first kappa shape index (κ1) is 22.6. The second-order valence-electron chi connectivity index (χ2n) is 6.91. The van der Waals surface area contributed by atoms with Crippen LogP contribution in [-0.4, -0.2) is 35.7 Å². The Morgan fingerprint density at radius 1 is 1.18 bits per heavy atom. The van der Waals surface area contributed by atoms with Gasteiger partial charge in [-0.15, -0.1) is 0 Å². The lowest BCUT2D eigenvalue weighted by atomic mass is 10.0. The van der Waals surface area contributed by atoms with Crippen LogP contribution < -0.4 is 9.46 Å². The van der Waals surface area contributed by atoms with Gasteiger partial charge in [0, 0.05) is 24.9 Å². The minimum Gasteiger partial charge on any atom is -0.480 e. The number of aromatic nitrogens is 3. The third-order valence-corrected chi connectivity index (χ3v) is 6.32. The van der Waals surface area contributed by atoms with Gasteiger partial charge >= 0.3 is 0 Å². The van der Waals surface area contributed by atoms with Gasteiger partial charge in [-0.1, -0.05) is 17.7 Å². The van der Waals surface area contributed by atoms with E-state index in [-0.39, 0.29) is 27.9 Å². The molecular formula is C21H15ClF2N4O4S. The van der Waals surface area contributed by atoms with Crippen molar-refractivity contribution in [3.63, 3.8) is 0 Å². The number of hydrogen-bond donors (Lipinski definition) is 1. The highest BCUT2D eigenvalue weighted by Gasteiger charge is 2.25. The van der Waals surface area contributed by atoms with Crippen LogP contribution in [0.4, 0.5) is 14.5 Å². The number of ether oxygens (including phenoxy) is 1. The summed E-state index contributed by atoms with van der Waals surface area (Å²) in [6.07, 6.45) is 3.93. The molecule has 0 atom stereocenters. The normalized spacial score (nSPS) is 11.5. The third-order valence-electron chi connectivity index (χ3n) is 4.76. The molecule has 0 bridgehead atoms. The third kappa shape index (κ3) is 4.12. The number of halogens is 3. The van der Waals surface area contributed by atoms with E-state index in [4.69, 9.17) is 16.3 Å². The fourth-order valence-electron chi connectivity index (χ4n) is 3.27.